The molecule has 0 heterocycles. The van der Waals surface area contributed by atoms with Crippen molar-refractivity contribution in [1.82, 2.24) is 0 Å². The van der Waals surface area contributed by atoms with Crippen molar-refractivity contribution in [2.75, 3.05) is 18.2 Å². The molecular weight excluding hydrogens is 328 g/mol. The predicted octanol–water partition coefficient (Wildman–Crippen LogP) is 2.39. The molecule has 2 aromatic carbocycles. The van der Waals surface area contributed by atoms with Gasteiger partial charge in [0.1, 0.15) is 0 Å². The Balaban J connectivity index is 1.89. The fourth-order valence-corrected chi connectivity index (χ4v) is 2.59. The van der Waals surface area contributed by atoms with Crippen LogP contribution in [0.5, 0.6) is 0 Å². The number of hydrogen-bond acceptors (Lipinski definition) is 5. The number of sulfone groups is 1. The van der Waals surface area contributed by atoms with Crippen LogP contribution in [0, 0.1) is 6.92 Å². The highest BCUT2D eigenvalue weighted by atomic mass is 32.2. The molecule has 24 heavy (non-hydrogen) atoms. The number of aryl methyl sites for hydroxylation is 1. The lowest BCUT2D eigenvalue weighted by Gasteiger charge is -2.06. The maximum Gasteiger partial charge on any atom is 0.265 e. The molecule has 2 aromatic rings. The minimum atomic E-state index is -3.32. The Morgan fingerprint density at radius 2 is 1.96 bits per heavy atom. The zero-order valence-corrected chi connectivity index (χ0v) is 14.2. The molecule has 0 spiro atoms. The molecule has 0 saturated heterocycles. The number of nitrogens with zero attached hydrogens (tertiary/aromatic N) is 1. The molecule has 0 aliphatic carbocycles. The molecule has 0 saturated carbocycles. The van der Waals surface area contributed by atoms with E-state index in [1.54, 1.807) is 12.1 Å². The van der Waals surface area contributed by atoms with Crippen LogP contribution in [0.3, 0.4) is 0 Å². The van der Waals surface area contributed by atoms with E-state index in [4.69, 9.17) is 4.84 Å². The number of carbonyl (C=O) groups is 1. The molecule has 0 atom stereocenters. The zero-order valence-electron chi connectivity index (χ0n) is 13.4. The number of benzene rings is 2. The van der Waals surface area contributed by atoms with Crippen molar-refractivity contribution in [2.24, 2.45) is 5.16 Å². The van der Waals surface area contributed by atoms with E-state index in [0.717, 1.165) is 17.4 Å². The Labute approximate surface area is 141 Å². The Kier molecular flexibility index (Phi) is 5.70. The fraction of sp³-hybridized carbons (Fsp3) is 0.176. The number of amides is 1. The van der Waals surface area contributed by atoms with Gasteiger partial charge in [-0.1, -0.05) is 35.5 Å². The summed E-state index contributed by atoms with van der Waals surface area (Å²) in [5, 5.41) is 6.32. The summed E-state index contributed by atoms with van der Waals surface area (Å²) in [5.41, 5.74) is 2.33. The largest absolute Gasteiger partial charge is 0.386 e. The van der Waals surface area contributed by atoms with Gasteiger partial charge >= 0.3 is 0 Å². The van der Waals surface area contributed by atoms with E-state index in [9.17, 15) is 13.2 Å². The summed E-state index contributed by atoms with van der Waals surface area (Å²) in [6.45, 7) is 1.67. The Morgan fingerprint density at radius 3 is 2.67 bits per heavy atom. The average molecular weight is 346 g/mol. The van der Waals surface area contributed by atoms with Crippen LogP contribution in [0.2, 0.25) is 0 Å². The van der Waals surface area contributed by atoms with E-state index in [0.29, 0.717) is 5.69 Å². The topological polar surface area (TPSA) is 84.8 Å². The first kappa shape index (κ1) is 17.7. The highest BCUT2D eigenvalue weighted by Crippen LogP contribution is 2.15. The van der Waals surface area contributed by atoms with Crippen LogP contribution >= 0.6 is 0 Å². The van der Waals surface area contributed by atoms with Gasteiger partial charge in [-0.2, -0.15) is 0 Å². The first-order valence-electron chi connectivity index (χ1n) is 7.17. The molecule has 0 aliphatic heterocycles. The summed E-state index contributed by atoms with van der Waals surface area (Å²) in [4.78, 5) is 16.9. The molecule has 126 valence electrons. The van der Waals surface area contributed by atoms with Crippen LogP contribution in [0.25, 0.3) is 0 Å². The average Bonchev–Trinajstić information content (AvgIpc) is 2.52. The number of nitrogens with one attached hydrogen (secondary N) is 1. The number of hydrogen-bond donors (Lipinski definition) is 1. The van der Waals surface area contributed by atoms with Gasteiger partial charge in [0.15, 0.2) is 16.4 Å². The van der Waals surface area contributed by atoms with Gasteiger partial charge in [-0.05, 0) is 36.2 Å². The quantitative estimate of drug-likeness (QED) is 0.643. The summed E-state index contributed by atoms with van der Waals surface area (Å²) in [5.74, 6) is -0.428. The fourth-order valence-electron chi connectivity index (χ4n) is 1.92. The molecule has 1 N–H and O–H groups in total. The first-order chi connectivity index (χ1) is 11.4. The molecular formula is C17H18N2O4S. The van der Waals surface area contributed by atoms with Crippen molar-refractivity contribution in [3.63, 3.8) is 0 Å². The summed E-state index contributed by atoms with van der Waals surface area (Å²) in [7, 11) is -3.32. The van der Waals surface area contributed by atoms with E-state index in [-0.39, 0.29) is 11.5 Å². The summed E-state index contributed by atoms with van der Waals surface area (Å²) in [6, 6.07) is 13.7. The Morgan fingerprint density at radius 1 is 1.21 bits per heavy atom. The van der Waals surface area contributed by atoms with Gasteiger partial charge in [-0.15, -0.1) is 0 Å². The second-order valence-electron chi connectivity index (χ2n) is 5.21. The molecule has 0 unspecified atom stereocenters. The van der Waals surface area contributed by atoms with Gasteiger partial charge in [-0.3, -0.25) is 4.79 Å². The number of carbonyl (C=O) groups excluding carboxylic acids is 1. The van der Waals surface area contributed by atoms with Crippen LogP contribution in [-0.2, 0) is 19.5 Å². The number of rotatable bonds is 6. The van der Waals surface area contributed by atoms with E-state index in [1.807, 2.05) is 31.2 Å². The lowest BCUT2D eigenvalue weighted by molar-refractivity contribution is -0.120. The SMILES string of the molecule is Cc1ccccc1/C=N\OCC(=O)Nc1cccc(S(C)(=O)=O)c1. The second-order valence-corrected chi connectivity index (χ2v) is 7.23. The van der Waals surface area contributed by atoms with Crippen molar-refractivity contribution in [3.05, 3.63) is 59.7 Å². The Bertz CT molecular complexity index is 860. The summed E-state index contributed by atoms with van der Waals surface area (Å²) in [6.07, 6.45) is 2.64. The Hall–Kier alpha value is -2.67. The van der Waals surface area contributed by atoms with Gasteiger partial charge in [0, 0.05) is 11.9 Å². The summed E-state index contributed by atoms with van der Waals surface area (Å²) >= 11 is 0. The highest BCUT2D eigenvalue weighted by Gasteiger charge is 2.09. The van der Waals surface area contributed by atoms with Crippen molar-refractivity contribution in [2.45, 2.75) is 11.8 Å². The van der Waals surface area contributed by atoms with Crippen molar-refractivity contribution < 1.29 is 18.0 Å². The highest BCUT2D eigenvalue weighted by molar-refractivity contribution is 7.90. The summed E-state index contributed by atoms with van der Waals surface area (Å²) < 4.78 is 23.0. The maximum atomic E-state index is 11.8. The van der Waals surface area contributed by atoms with Crippen molar-refractivity contribution in [3.8, 4) is 0 Å². The predicted molar refractivity (Wildman–Crippen MR) is 92.9 cm³/mol. The van der Waals surface area contributed by atoms with Crippen LogP contribution in [0.4, 0.5) is 5.69 Å². The molecule has 6 nitrogen and oxygen atoms in total. The van der Waals surface area contributed by atoms with E-state index in [2.05, 4.69) is 10.5 Å². The number of oxime groups is 1. The molecule has 0 fully saturated rings. The normalized spacial score (nSPS) is 11.4. The van der Waals surface area contributed by atoms with Crippen LogP contribution in [0.1, 0.15) is 11.1 Å². The van der Waals surface area contributed by atoms with Gasteiger partial charge in [0.2, 0.25) is 0 Å². The first-order valence-corrected chi connectivity index (χ1v) is 9.06. The molecule has 0 aliphatic rings. The van der Waals surface area contributed by atoms with Gasteiger partial charge in [0.05, 0.1) is 11.1 Å². The maximum absolute atomic E-state index is 11.8. The van der Waals surface area contributed by atoms with Crippen LogP contribution in [0.15, 0.2) is 58.6 Å². The minimum absolute atomic E-state index is 0.138. The van der Waals surface area contributed by atoms with Crippen LogP contribution < -0.4 is 5.32 Å². The zero-order chi connectivity index (χ0) is 17.6. The minimum Gasteiger partial charge on any atom is -0.386 e. The molecule has 0 radical (unpaired) electrons. The molecule has 2 rings (SSSR count). The monoisotopic (exact) mass is 346 g/mol. The van der Waals surface area contributed by atoms with Gasteiger partial charge < -0.3 is 10.2 Å². The van der Waals surface area contributed by atoms with Gasteiger partial charge in [-0.25, -0.2) is 8.42 Å². The van der Waals surface area contributed by atoms with Crippen LogP contribution in [-0.4, -0.2) is 33.4 Å². The third-order valence-corrected chi connectivity index (χ3v) is 4.31. The van der Waals surface area contributed by atoms with E-state index >= 15 is 0 Å². The molecule has 0 bridgehead atoms. The van der Waals surface area contributed by atoms with Crippen molar-refractivity contribution >= 4 is 27.6 Å². The lowest BCUT2D eigenvalue weighted by Crippen LogP contribution is -2.17. The standard InChI is InChI=1S/C17H18N2O4S/c1-13-6-3-4-7-14(13)11-18-23-12-17(20)19-15-8-5-9-16(10-15)24(2,21)22/h3-11H,12H2,1-2H3,(H,19,20)/b18-11-. The second kappa shape index (κ2) is 7.74. The van der Waals surface area contributed by atoms with E-state index in [1.165, 1.54) is 18.3 Å². The van der Waals surface area contributed by atoms with Crippen molar-refractivity contribution in [1.29, 1.82) is 0 Å². The molecule has 1 amide bonds. The third-order valence-electron chi connectivity index (χ3n) is 3.20. The van der Waals surface area contributed by atoms with E-state index < -0.39 is 15.7 Å². The third kappa shape index (κ3) is 5.20. The van der Waals surface area contributed by atoms with Gasteiger partial charge in [0.25, 0.3) is 5.91 Å². The lowest BCUT2D eigenvalue weighted by atomic mass is 10.1. The molecule has 7 heteroatoms. The molecule has 0 aromatic heterocycles. The smallest absolute Gasteiger partial charge is 0.265 e. The number of anilines is 1.